The summed E-state index contributed by atoms with van der Waals surface area (Å²) in [5.41, 5.74) is 1.70. The van der Waals surface area contributed by atoms with Gasteiger partial charge >= 0.3 is 5.97 Å². The number of hydrogen-bond donors (Lipinski definition) is 3. The molecule has 1 amide bonds. The minimum Gasteiger partial charge on any atom is -0.481 e. The van der Waals surface area contributed by atoms with Crippen LogP contribution in [-0.2, 0) is 20.9 Å². The summed E-state index contributed by atoms with van der Waals surface area (Å²) in [6, 6.07) is 16.3. The number of amides is 1. The Morgan fingerprint density at radius 2 is 1.76 bits per heavy atom. The fourth-order valence-electron chi connectivity index (χ4n) is 5.05. The summed E-state index contributed by atoms with van der Waals surface area (Å²) in [5.74, 6) is -1.95. The standard InChI is InChI=1S/C28H37N3O6/c1-3-19(2)27(37-18-20-12-6-4-7-13-20)23-25(28(34)29-17-11-10-16-22(32)33)30-24(26(23)31(35)36)21-14-8-5-9-15-21/h4-9,12-15,19,23-27,30H,3,10-11,16-18H2,1-2H3,(H,29,34)(H,32,33)/t19-,23+,24-,25-,26-,27?/m0/s1. The number of benzene rings is 2. The van der Waals surface area contributed by atoms with Gasteiger partial charge in [0.2, 0.25) is 11.9 Å². The van der Waals surface area contributed by atoms with E-state index in [1.54, 1.807) is 0 Å². The minimum absolute atomic E-state index is 0.0293. The van der Waals surface area contributed by atoms with Crippen LogP contribution in [0.25, 0.3) is 0 Å². The monoisotopic (exact) mass is 511 g/mol. The molecule has 1 heterocycles. The van der Waals surface area contributed by atoms with Crippen molar-refractivity contribution in [3.8, 4) is 0 Å². The van der Waals surface area contributed by atoms with Crippen LogP contribution in [0.4, 0.5) is 0 Å². The number of nitro groups is 1. The number of carboxylic acids is 1. The summed E-state index contributed by atoms with van der Waals surface area (Å²) in [4.78, 5) is 36.5. The molecular weight excluding hydrogens is 474 g/mol. The van der Waals surface area contributed by atoms with Crippen LogP contribution in [0.1, 0.15) is 56.7 Å². The van der Waals surface area contributed by atoms with Crippen molar-refractivity contribution in [3.05, 3.63) is 81.9 Å². The zero-order chi connectivity index (χ0) is 26.8. The van der Waals surface area contributed by atoms with Gasteiger partial charge in [-0.15, -0.1) is 0 Å². The Labute approximate surface area is 217 Å². The first-order chi connectivity index (χ1) is 17.8. The van der Waals surface area contributed by atoms with Gasteiger partial charge < -0.3 is 15.2 Å². The van der Waals surface area contributed by atoms with Crippen molar-refractivity contribution >= 4 is 11.9 Å². The van der Waals surface area contributed by atoms with Gasteiger partial charge in [-0.05, 0) is 29.9 Å². The van der Waals surface area contributed by atoms with E-state index in [9.17, 15) is 19.7 Å². The number of ether oxygens (including phenoxy) is 1. The highest BCUT2D eigenvalue weighted by Gasteiger charge is 2.57. The van der Waals surface area contributed by atoms with E-state index in [0.29, 0.717) is 19.4 Å². The summed E-state index contributed by atoms with van der Waals surface area (Å²) in [5, 5.41) is 27.5. The molecule has 6 atom stereocenters. The first-order valence-corrected chi connectivity index (χ1v) is 12.9. The molecule has 3 rings (SSSR count). The normalized spacial score (nSPS) is 22.8. The lowest BCUT2D eigenvalue weighted by molar-refractivity contribution is -0.535. The SMILES string of the molecule is CC[C@H](C)C(OCc1ccccc1)[C@H]1[C@H]([N+](=O)[O-])[C@H](c2ccccc2)N[C@@H]1C(=O)NCCCCC(=O)O. The highest BCUT2D eigenvalue weighted by molar-refractivity contribution is 5.83. The summed E-state index contributed by atoms with van der Waals surface area (Å²) < 4.78 is 6.39. The van der Waals surface area contributed by atoms with E-state index >= 15 is 0 Å². The Balaban J connectivity index is 1.89. The molecule has 37 heavy (non-hydrogen) atoms. The van der Waals surface area contributed by atoms with E-state index in [-0.39, 0.29) is 29.8 Å². The largest absolute Gasteiger partial charge is 0.481 e. The van der Waals surface area contributed by atoms with Crippen LogP contribution in [0.15, 0.2) is 60.7 Å². The number of rotatable bonds is 14. The first-order valence-electron chi connectivity index (χ1n) is 12.9. The smallest absolute Gasteiger partial charge is 0.303 e. The number of carbonyl (C=O) groups is 2. The van der Waals surface area contributed by atoms with Crippen LogP contribution in [0.2, 0.25) is 0 Å². The third kappa shape index (κ3) is 7.60. The lowest BCUT2D eigenvalue weighted by Gasteiger charge is -2.32. The Morgan fingerprint density at radius 3 is 2.35 bits per heavy atom. The summed E-state index contributed by atoms with van der Waals surface area (Å²) in [6.07, 6.45) is 1.18. The highest BCUT2D eigenvalue weighted by atomic mass is 16.6. The molecule has 0 spiro atoms. The molecule has 3 N–H and O–H groups in total. The van der Waals surface area contributed by atoms with E-state index in [1.807, 2.05) is 74.5 Å². The maximum atomic E-state index is 13.4. The highest BCUT2D eigenvalue weighted by Crippen LogP contribution is 2.39. The first kappa shape index (κ1) is 28.3. The molecule has 1 fully saturated rings. The molecule has 9 heteroatoms. The maximum absolute atomic E-state index is 13.4. The van der Waals surface area contributed by atoms with Gasteiger partial charge in [-0.2, -0.15) is 0 Å². The van der Waals surface area contributed by atoms with Crippen molar-refractivity contribution in [2.45, 2.75) is 70.4 Å². The molecule has 1 unspecified atom stereocenters. The molecule has 1 aliphatic heterocycles. The van der Waals surface area contributed by atoms with Gasteiger partial charge in [0.05, 0.1) is 24.7 Å². The van der Waals surface area contributed by atoms with E-state index in [1.165, 1.54) is 0 Å². The van der Waals surface area contributed by atoms with Crippen molar-refractivity contribution in [2.75, 3.05) is 6.54 Å². The zero-order valence-corrected chi connectivity index (χ0v) is 21.4. The second-order valence-electron chi connectivity index (χ2n) is 9.67. The van der Waals surface area contributed by atoms with E-state index in [0.717, 1.165) is 17.5 Å². The van der Waals surface area contributed by atoms with Crippen molar-refractivity contribution in [3.63, 3.8) is 0 Å². The molecule has 9 nitrogen and oxygen atoms in total. The quantitative estimate of drug-likeness (QED) is 0.199. The summed E-state index contributed by atoms with van der Waals surface area (Å²) >= 11 is 0. The van der Waals surface area contributed by atoms with Gasteiger partial charge in [-0.1, -0.05) is 80.9 Å². The van der Waals surface area contributed by atoms with Gasteiger partial charge in [-0.3, -0.25) is 25.0 Å². The van der Waals surface area contributed by atoms with Crippen LogP contribution in [0, 0.1) is 22.0 Å². The minimum atomic E-state index is -1.07. The number of nitrogens with zero attached hydrogens (tertiary/aromatic N) is 1. The van der Waals surface area contributed by atoms with E-state index < -0.39 is 36.1 Å². The van der Waals surface area contributed by atoms with Gasteiger partial charge in [-0.25, -0.2) is 0 Å². The lowest BCUT2D eigenvalue weighted by Crippen LogP contribution is -2.51. The molecule has 0 radical (unpaired) electrons. The Kier molecular flexibility index (Phi) is 10.6. The predicted octanol–water partition coefficient (Wildman–Crippen LogP) is 3.96. The van der Waals surface area contributed by atoms with E-state index in [4.69, 9.17) is 9.84 Å². The Hall–Kier alpha value is -3.30. The van der Waals surface area contributed by atoms with Crippen molar-refractivity contribution in [1.29, 1.82) is 0 Å². The second kappa shape index (κ2) is 13.9. The predicted molar refractivity (Wildman–Crippen MR) is 139 cm³/mol. The molecule has 2 aromatic rings. The average Bonchev–Trinajstić information content (AvgIpc) is 3.30. The van der Waals surface area contributed by atoms with Gasteiger partial charge in [0.15, 0.2) is 0 Å². The van der Waals surface area contributed by atoms with Crippen LogP contribution >= 0.6 is 0 Å². The number of nitrogens with one attached hydrogen (secondary N) is 2. The third-order valence-corrected chi connectivity index (χ3v) is 7.15. The van der Waals surface area contributed by atoms with Crippen LogP contribution in [0.5, 0.6) is 0 Å². The van der Waals surface area contributed by atoms with Gasteiger partial charge in [0, 0.05) is 17.9 Å². The van der Waals surface area contributed by atoms with Crippen LogP contribution < -0.4 is 10.6 Å². The fraction of sp³-hybridized carbons (Fsp3) is 0.500. The number of aliphatic carboxylic acids is 1. The topological polar surface area (TPSA) is 131 Å². The number of hydrogen-bond acceptors (Lipinski definition) is 6. The molecule has 1 aliphatic rings. The number of carbonyl (C=O) groups excluding carboxylic acids is 1. The molecule has 0 saturated carbocycles. The number of unbranched alkanes of at least 4 members (excludes halogenated alkanes) is 1. The van der Waals surface area contributed by atoms with Gasteiger partial charge in [0.1, 0.15) is 6.04 Å². The Morgan fingerprint density at radius 1 is 1.11 bits per heavy atom. The Bertz CT molecular complexity index is 1020. The molecular formula is C28H37N3O6. The van der Waals surface area contributed by atoms with Crippen molar-refractivity contribution in [2.24, 2.45) is 11.8 Å². The molecule has 2 aromatic carbocycles. The third-order valence-electron chi connectivity index (χ3n) is 7.15. The fourth-order valence-corrected chi connectivity index (χ4v) is 5.05. The molecule has 200 valence electrons. The molecule has 0 bridgehead atoms. The van der Waals surface area contributed by atoms with E-state index in [2.05, 4.69) is 10.6 Å². The van der Waals surface area contributed by atoms with Crippen molar-refractivity contribution in [1.82, 2.24) is 10.6 Å². The summed E-state index contributed by atoms with van der Waals surface area (Å²) in [7, 11) is 0. The summed E-state index contributed by atoms with van der Waals surface area (Å²) in [6.45, 7) is 4.61. The number of carboxylic acid groups (broad SMARTS) is 1. The molecule has 0 aliphatic carbocycles. The van der Waals surface area contributed by atoms with Crippen molar-refractivity contribution < 1.29 is 24.4 Å². The lowest BCUT2D eigenvalue weighted by atomic mass is 9.80. The van der Waals surface area contributed by atoms with Crippen LogP contribution in [0.3, 0.4) is 0 Å². The molecule has 0 aromatic heterocycles. The van der Waals surface area contributed by atoms with Crippen LogP contribution in [-0.4, -0.2) is 46.6 Å². The molecule has 1 saturated heterocycles. The maximum Gasteiger partial charge on any atom is 0.303 e. The average molecular weight is 512 g/mol. The second-order valence-corrected chi connectivity index (χ2v) is 9.67. The zero-order valence-electron chi connectivity index (χ0n) is 21.4. The van der Waals surface area contributed by atoms with Gasteiger partial charge in [0.25, 0.3) is 0 Å².